The van der Waals surface area contributed by atoms with Crippen LogP contribution in [-0.4, -0.2) is 5.54 Å². The second kappa shape index (κ2) is 16.1. The number of hydrogen-bond acceptors (Lipinski definition) is 2. The Labute approximate surface area is 326 Å². The number of hydrogen-bond donors (Lipinski definition) is 0. The molecule has 0 aliphatic heterocycles. The van der Waals surface area contributed by atoms with Crippen molar-refractivity contribution in [2.45, 2.75) is 53.0 Å². The average Bonchev–Trinajstić information content (AvgIpc) is 3.59. The summed E-state index contributed by atoms with van der Waals surface area (Å²) in [5.74, 6) is 0. The van der Waals surface area contributed by atoms with E-state index in [1.165, 1.54) is 81.7 Å². The van der Waals surface area contributed by atoms with Crippen LogP contribution >= 0.6 is 11.3 Å². The maximum absolute atomic E-state index is 3.80. The third-order valence-electron chi connectivity index (χ3n) is 10.8. The molecule has 54 heavy (non-hydrogen) atoms. The van der Waals surface area contributed by atoms with Crippen LogP contribution in [0.4, 0.5) is 11.4 Å². The summed E-state index contributed by atoms with van der Waals surface area (Å²) in [4.78, 5) is 2.51. The standard InChI is InChI=1S/C52H49NS/c1-7-10-11-16-37(4)38(5)43-17-14-18-44(35-43)40-21-26-46(27-22-40)53(52(6)33-31-42(32-34-52)39(9-3)15-8-2)47-28-23-41(24-29-47)45-25-30-51-49(36-45)48-19-12-13-20-50(48)54-51/h7-15,17-33,35-36H,1,16,34H2,2-6H3/b11-10-,15-8-,38-37+,39-9+. The van der Waals surface area contributed by atoms with E-state index in [1.54, 1.807) is 0 Å². The van der Waals surface area contributed by atoms with E-state index in [-0.39, 0.29) is 5.54 Å². The van der Waals surface area contributed by atoms with Crippen LogP contribution in [0.5, 0.6) is 0 Å². The molecule has 0 amide bonds. The zero-order chi connectivity index (χ0) is 37.7. The molecule has 1 unspecified atom stereocenters. The van der Waals surface area contributed by atoms with Gasteiger partial charge in [-0.25, -0.2) is 0 Å². The van der Waals surface area contributed by atoms with Crippen molar-refractivity contribution < 1.29 is 0 Å². The van der Waals surface area contributed by atoms with Gasteiger partial charge in [-0.15, -0.1) is 11.3 Å². The molecular formula is C52H49NS. The zero-order valence-electron chi connectivity index (χ0n) is 32.1. The summed E-state index contributed by atoms with van der Waals surface area (Å²) in [6.45, 7) is 14.8. The van der Waals surface area contributed by atoms with Gasteiger partial charge in [-0.3, -0.25) is 0 Å². The molecule has 0 N–H and O–H groups in total. The summed E-state index contributed by atoms with van der Waals surface area (Å²) in [5, 5.41) is 2.66. The molecule has 1 aliphatic carbocycles. The largest absolute Gasteiger partial charge is 0.332 e. The minimum atomic E-state index is -0.269. The fourth-order valence-corrected chi connectivity index (χ4v) is 8.65. The number of rotatable bonds is 11. The van der Waals surface area contributed by atoms with Gasteiger partial charge in [0.05, 0.1) is 5.54 Å². The smallest absolute Gasteiger partial charge is 0.0643 e. The van der Waals surface area contributed by atoms with Crippen LogP contribution in [0.3, 0.4) is 0 Å². The Morgan fingerprint density at radius 1 is 0.759 bits per heavy atom. The molecule has 1 atom stereocenters. The van der Waals surface area contributed by atoms with Gasteiger partial charge in [0.15, 0.2) is 0 Å². The number of benzene rings is 5. The van der Waals surface area contributed by atoms with Crippen LogP contribution in [0.15, 0.2) is 193 Å². The average molecular weight is 720 g/mol. The Hall–Kier alpha value is -5.70. The molecule has 0 spiro atoms. The molecule has 0 saturated carbocycles. The quantitative estimate of drug-likeness (QED) is 0.121. The number of nitrogens with zero attached hydrogens (tertiary/aromatic N) is 1. The number of thiophene rings is 1. The Kier molecular flexibility index (Phi) is 10.9. The lowest BCUT2D eigenvalue weighted by molar-refractivity contribution is 0.568. The molecule has 6 aromatic rings. The number of allylic oxidation sites excluding steroid dienone is 11. The summed E-state index contributed by atoms with van der Waals surface area (Å²) >= 11 is 1.86. The highest BCUT2D eigenvalue weighted by Crippen LogP contribution is 2.42. The van der Waals surface area contributed by atoms with Gasteiger partial charge in [0.1, 0.15) is 0 Å². The summed E-state index contributed by atoms with van der Waals surface area (Å²) in [6, 6.07) is 42.8. The molecule has 7 rings (SSSR count). The van der Waals surface area contributed by atoms with Crippen molar-refractivity contribution in [1.82, 2.24) is 0 Å². The number of anilines is 2. The van der Waals surface area contributed by atoms with E-state index < -0.39 is 0 Å². The van der Waals surface area contributed by atoms with Crippen LogP contribution in [0.25, 0.3) is 48.0 Å². The van der Waals surface area contributed by atoms with Crippen LogP contribution < -0.4 is 4.90 Å². The van der Waals surface area contributed by atoms with Gasteiger partial charge in [-0.05, 0) is 141 Å². The predicted octanol–water partition coefficient (Wildman–Crippen LogP) is 15.6. The van der Waals surface area contributed by atoms with E-state index in [9.17, 15) is 0 Å². The van der Waals surface area contributed by atoms with Gasteiger partial charge in [0.25, 0.3) is 0 Å². The van der Waals surface area contributed by atoms with E-state index in [2.05, 4.69) is 204 Å². The molecular weight excluding hydrogens is 671 g/mol. The summed E-state index contributed by atoms with van der Waals surface area (Å²) in [7, 11) is 0. The maximum atomic E-state index is 3.80. The van der Waals surface area contributed by atoms with E-state index in [1.807, 2.05) is 23.5 Å². The molecule has 1 aromatic heterocycles. The fourth-order valence-electron chi connectivity index (χ4n) is 7.56. The second-order valence-corrected chi connectivity index (χ2v) is 15.5. The lowest BCUT2D eigenvalue weighted by Gasteiger charge is -2.42. The van der Waals surface area contributed by atoms with E-state index in [4.69, 9.17) is 0 Å². The van der Waals surface area contributed by atoms with Crippen molar-refractivity contribution in [3.8, 4) is 22.3 Å². The van der Waals surface area contributed by atoms with Gasteiger partial charge in [-0.2, -0.15) is 0 Å². The van der Waals surface area contributed by atoms with Gasteiger partial charge < -0.3 is 4.90 Å². The Morgan fingerprint density at radius 2 is 1.43 bits per heavy atom. The molecule has 1 aliphatic rings. The van der Waals surface area contributed by atoms with Gasteiger partial charge >= 0.3 is 0 Å². The third kappa shape index (κ3) is 7.53. The first kappa shape index (κ1) is 36.6. The zero-order valence-corrected chi connectivity index (χ0v) is 33.0. The summed E-state index contributed by atoms with van der Waals surface area (Å²) in [6.07, 6.45) is 21.4. The van der Waals surface area contributed by atoms with Crippen molar-refractivity contribution in [1.29, 1.82) is 0 Å². The van der Waals surface area contributed by atoms with Crippen molar-refractivity contribution in [3.05, 3.63) is 199 Å². The van der Waals surface area contributed by atoms with Gasteiger partial charge in [0, 0.05) is 31.5 Å². The van der Waals surface area contributed by atoms with E-state index in [0.717, 1.165) is 12.8 Å². The topological polar surface area (TPSA) is 3.24 Å². The molecule has 5 aromatic carbocycles. The molecule has 0 bridgehead atoms. The first-order chi connectivity index (χ1) is 26.3. The van der Waals surface area contributed by atoms with Crippen molar-refractivity contribution in [2.24, 2.45) is 0 Å². The molecule has 1 heterocycles. The SMILES string of the molecule is C=C/C=C\C/C(C)=C(\C)c1cccc(-c2ccc(N(c3ccc(-c4ccc5sc6ccccc6c5c4)cc3)C3(C)C=CC(C(/C=C\C)=C/C)=CC3)cc2)c1. The number of fused-ring (bicyclic) bond motifs is 3. The molecule has 0 fully saturated rings. The minimum Gasteiger partial charge on any atom is -0.332 e. The second-order valence-electron chi connectivity index (χ2n) is 14.4. The first-order valence-corrected chi connectivity index (χ1v) is 19.8. The van der Waals surface area contributed by atoms with Gasteiger partial charge in [0.2, 0.25) is 0 Å². The summed E-state index contributed by atoms with van der Waals surface area (Å²) in [5.41, 5.74) is 13.4. The van der Waals surface area contributed by atoms with E-state index in [0.29, 0.717) is 0 Å². The Morgan fingerprint density at radius 3 is 2.07 bits per heavy atom. The minimum absolute atomic E-state index is 0.269. The van der Waals surface area contributed by atoms with Crippen LogP contribution in [-0.2, 0) is 0 Å². The molecule has 2 heteroatoms. The maximum Gasteiger partial charge on any atom is 0.0643 e. The predicted molar refractivity (Wildman–Crippen MR) is 240 cm³/mol. The monoisotopic (exact) mass is 719 g/mol. The van der Waals surface area contributed by atoms with Crippen LogP contribution in [0.1, 0.15) is 53.0 Å². The Balaban J connectivity index is 1.23. The van der Waals surface area contributed by atoms with Crippen LogP contribution in [0, 0.1) is 0 Å². The lowest BCUT2D eigenvalue weighted by atomic mass is 9.85. The Bertz CT molecular complexity index is 2490. The summed E-state index contributed by atoms with van der Waals surface area (Å²) < 4.78 is 2.67. The highest BCUT2D eigenvalue weighted by Gasteiger charge is 2.32. The van der Waals surface area contributed by atoms with Crippen LogP contribution in [0.2, 0.25) is 0 Å². The fraction of sp³-hybridized carbons (Fsp3) is 0.154. The third-order valence-corrected chi connectivity index (χ3v) is 11.9. The molecule has 1 nitrogen and oxygen atoms in total. The van der Waals surface area contributed by atoms with E-state index >= 15 is 0 Å². The highest BCUT2D eigenvalue weighted by atomic mass is 32.1. The van der Waals surface area contributed by atoms with Gasteiger partial charge in [-0.1, -0.05) is 134 Å². The molecule has 0 saturated heterocycles. The van der Waals surface area contributed by atoms with Crippen molar-refractivity contribution in [3.63, 3.8) is 0 Å². The first-order valence-electron chi connectivity index (χ1n) is 19.0. The lowest BCUT2D eigenvalue weighted by Crippen LogP contribution is -2.42. The molecule has 0 radical (unpaired) electrons. The van der Waals surface area contributed by atoms with Crippen molar-refractivity contribution >= 4 is 48.5 Å². The molecule has 268 valence electrons. The normalized spacial score (nSPS) is 16.7. The van der Waals surface area contributed by atoms with Crippen molar-refractivity contribution in [2.75, 3.05) is 4.90 Å². The highest BCUT2D eigenvalue weighted by molar-refractivity contribution is 7.25.